The zero-order chi connectivity index (χ0) is 24.4. The highest BCUT2D eigenvalue weighted by atomic mass is 35.5. The van der Waals surface area contributed by atoms with Crippen molar-refractivity contribution in [1.82, 2.24) is 8.97 Å². The van der Waals surface area contributed by atoms with Gasteiger partial charge in [-0.1, -0.05) is 41.6 Å². The number of thiazole rings is 1. The molecule has 0 aliphatic rings. The van der Waals surface area contributed by atoms with E-state index < -0.39 is 17.2 Å². The molecule has 0 saturated carbocycles. The number of rotatable bonds is 5. The van der Waals surface area contributed by atoms with Gasteiger partial charge < -0.3 is 9.84 Å². The van der Waals surface area contributed by atoms with Crippen molar-refractivity contribution in [3.63, 3.8) is 0 Å². The minimum absolute atomic E-state index is 0.0340. The third kappa shape index (κ3) is 4.62. The van der Waals surface area contributed by atoms with Gasteiger partial charge in [-0.05, 0) is 42.3 Å². The van der Waals surface area contributed by atoms with E-state index in [-0.39, 0.29) is 17.1 Å². The van der Waals surface area contributed by atoms with Crippen LogP contribution in [0.15, 0.2) is 58.3 Å². The number of carboxylic acid groups (broad SMARTS) is 1. The van der Waals surface area contributed by atoms with Gasteiger partial charge in [0.25, 0.3) is 5.56 Å². The second-order valence-electron chi connectivity index (χ2n) is 7.52. The predicted octanol–water partition coefficient (Wildman–Crippen LogP) is 3.83. The average Bonchev–Trinajstić information content (AvgIpc) is 3.25. The lowest BCUT2D eigenvalue weighted by atomic mass is 10.1. The van der Waals surface area contributed by atoms with E-state index in [9.17, 15) is 14.4 Å². The predicted molar refractivity (Wildman–Crippen MR) is 132 cm³/mol. The van der Waals surface area contributed by atoms with Crippen molar-refractivity contribution in [1.29, 1.82) is 0 Å². The Bertz CT molecular complexity index is 1600. The Morgan fingerprint density at radius 1 is 1.18 bits per heavy atom. The molecule has 0 spiro atoms. The topological polar surface area (TPSA) is 90.0 Å². The lowest BCUT2D eigenvalue weighted by Gasteiger charge is -2.09. The number of benzene rings is 2. The minimum Gasteiger partial charge on any atom is -0.497 e. The zero-order valence-corrected chi connectivity index (χ0v) is 19.9. The first-order valence-corrected chi connectivity index (χ1v) is 11.4. The van der Waals surface area contributed by atoms with Crippen LogP contribution in [-0.4, -0.2) is 27.2 Å². The molecule has 0 saturated heterocycles. The second-order valence-corrected chi connectivity index (χ2v) is 8.96. The van der Waals surface area contributed by atoms with Crippen molar-refractivity contribution >= 4 is 33.7 Å². The van der Waals surface area contributed by atoms with Crippen LogP contribution in [0.25, 0.3) is 4.83 Å². The van der Waals surface area contributed by atoms with Crippen molar-refractivity contribution in [2.24, 2.45) is 0 Å². The lowest BCUT2D eigenvalue weighted by molar-refractivity contribution is 0.0697. The van der Waals surface area contributed by atoms with Crippen molar-refractivity contribution in [2.45, 2.75) is 19.9 Å². The van der Waals surface area contributed by atoms with E-state index in [4.69, 9.17) is 21.4 Å². The summed E-state index contributed by atoms with van der Waals surface area (Å²) in [4.78, 5) is 38.4. The highest BCUT2D eigenvalue weighted by Gasteiger charge is 2.15. The van der Waals surface area contributed by atoms with Crippen LogP contribution in [0.5, 0.6) is 5.75 Å². The third-order valence-electron chi connectivity index (χ3n) is 5.24. The van der Waals surface area contributed by atoms with Gasteiger partial charge in [-0.2, -0.15) is 0 Å². The van der Waals surface area contributed by atoms with Crippen LogP contribution in [0.1, 0.15) is 31.9 Å². The number of aromatic carboxylic acids is 1. The molecule has 0 atom stereocenters. The van der Waals surface area contributed by atoms with Gasteiger partial charge in [0.05, 0.1) is 29.1 Å². The molecule has 4 aromatic rings. The number of carboxylic acids is 1. The number of fused-ring (bicyclic) bond motifs is 1. The van der Waals surface area contributed by atoms with Crippen molar-refractivity contribution < 1.29 is 14.6 Å². The van der Waals surface area contributed by atoms with Crippen LogP contribution < -0.4 is 16.0 Å². The van der Waals surface area contributed by atoms with Crippen LogP contribution in [0, 0.1) is 18.8 Å². The fraction of sp³-hybridized carbons (Fsp3) is 0.160. The summed E-state index contributed by atoms with van der Waals surface area (Å²) in [6.07, 6.45) is 2.14. The normalized spacial score (nSPS) is 10.7. The molecular formula is C25H19ClN2O5S. The minimum atomic E-state index is -1.15. The van der Waals surface area contributed by atoms with E-state index >= 15 is 0 Å². The molecule has 4 rings (SSSR count). The molecule has 1 N–H and O–H groups in total. The maximum Gasteiger partial charge on any atom is 0.337 e. The van der Waals surface area contributed by atoms with Crippen LogP contribution in [-0.2, 0) is 13.0 Å². The maximum absolute atomic E-state index is 13.1. The van der Waals surface area contributed by atoms with Gasteiger partial charge in [-0.3, -0.25) is 13.8 Å². The second kappa shape index (κ2) is 9.59. The molecule has 0 bridgehead atoms. The number of carbonyl (C=O) groups is 1. The number of aryl methyl sites for hydroxylation is 1. The standard InChI is InChI=1S/C25H19ClN2O5S/c1-15-22(29)27(13-17-9-10-20(24(30)31)21(26)12-17)25(32)28-14-19(34-23(15)28)8-4-6-16-5-3-7-18(11-16)33-2/h3,5,7,9-12,14H,6,13H2,1-2H3,(H,30,31). The molecular weight excluding hydrogens is 476 g/mol. The van der Waals surface area contributed by atoms with E-state index in [0.717, 1.165) is 15.9 Å². The maximum atomic E-state index is 13.1. The van der Waals surface area contributed by atoms with Gasteiger partial charge in [0, 0.05) is 18.2 Å². The number of halogens is 1. The van der Waals surface area contributed by atoms with Crippen LogP contribution >= 0.6 is 22.9 Å². The molecule has 0 radical (unpaired) electrons. The Kier molecular flexibility index (Phi) is 6.59. The highest BCUT2D eigenvalue weighted by molar-refractivity contribution is 7.18. The van der Waals surface area contributed by atoms with Crippen LogP contribution in [0.3, 0.4) is 0 Å². The molecule has 9 heteroatoms. The molecule has 2 heterocycles. The fourth-order valence-electron chi connectivity index (χ4n) is 3.49. The summed E-state index contributed by atoms with van der Waals surface area (Å²) in [7, 11) is 1.61. The van der Waals surface area contributed by atoms with Gasteiger partial charge in [-0.25, -0.2) is 9.59 Å². The van der Waals surface area contributed by atoms with Gasteiger partial charge in [0.2, 0.25) is 0 Å². The SMILES string of the molecule is COc1cccc(CC#Cc2cn3c(=O)n(Cc4ccc(C(=O)O)c(Cl)c4)c(=O)c(C)c3s2)c1. The summed E-state index contributed by atoms with van der Waals surface area (Å²) in [6, 6.07) is 12.0. The Morgan fingerprint density at radius 3 is 2.68 bits per heavy atom. The molecule has 34 heavy (non-hydrogen) atoms. The quantitative estimate of drug-likeness (QED) is 0.426. The summed E-state index contributed by atoms with van der Waals surface area (Å²) < 4.78 is 7.75. The smallest absolute Gasteiger partial charge is 0.337 e. The van der Waals surface area contributed by atoms with E-state index in [2.05, 4.69) is 11.8 Å². The van der Waals surface area contributed by atoms with E-state index in [0.29, 0.717) is 27.3 Å². The number of ether oxygens (including phenoxy) is 1. The summed E-state index contributed by atoms with van der Waals surface area (Å²) in [6.45, 7) is 1.63. The van der Waals surface area contributed by atoms with Gasteiger partial charge in [0.15, 0.2) is 0 Å². The van der Waals surface area contributed by atoms with Gasteiger partial charge >= 0.3 is 11.7 Å². The molecule has 2 aromatic heterocycles. The van der Waals surface area contributed by atoms with E-state index in [1.165, 1.54) is 33.9 Å². The Morgan fingerprint density at radius 2 is 1.97 bits per heavy atom. The largest absolute Gasteiger partial charge is 0.497 e. The molecule has 0 aliphatic carbocycles. The molecule has 172 valence electrons. The molecule has 7 nitrogen and oxygen atoms in total. The van der Waals surface area contributed by atoms with E-state index in [1.54, 1.807) is 20.2 Å². The Balaban J connectivity index is 1.67. The first kappa shape index (κ1) is 23.4. The lowest BCUT2D eigenvalue weighted by Crippen LogP contribution is -2.38. The monoisotopic (exact) mass is 494 g/mol. The zero-order valence-electron chi connectivity index (χ0n) is 18.3. The number of methoxy groups -OCH3 is 1. The molecule has 0 fully saturated rings. The first-order chi connectivity index (χ1) is 16.3. The highest BCUT2D eigenvalue weighted by Crippen LogP contribution is 2.20. The summed E-state index contributed by atoms with van der Waals surface area (Å²) in [5, 5.41) is 9.17. The summed E-state index contributed by atoms with van der Waals surface area (Å²) in [5.74, 6) is 5.78. The molecule has 0 amide bonds. The van der Waals surface area contributed by atoms with Crippen LogP contribution in [0.4, 0.5) is 0 Å². The fourth-order valence-corrected chi connectivity index (χ4v) is 4.73. The van der Waals surface area contributed by atoms with Crippen LogP contribution in [0.2, 0.25) is 5.02 Å². The molecule has 2 aromatic carbocycles. The molecule has 0 aliphatic heterocycles. The Labute approximate surface area is 203 Å². The summed E-state index contributed by atoms with van der Waals surface area (Å²) >= 11 is 7.32. The average molecular weight is 495 g/mol. The number of aromatic nitrogens is 2. The number of hydrogen-bond donors (Lipinski definition) is 1. The van der Waals surface area contributed by atoms with Crippen molar-refractivity contribution in [3.05, 3.63) is 102 Å². The number of nitrogens with zero attached hydrogens (tertiary/aromatic N) is 2. The number of hydrogen-bond acceptors (Lipinski definition) is 5. The van der Waals surface area contributed by atoms with Crippen molar-refractivity contribution in [3.8, 4) is 17.6 Å². The van der Waals surface area contributed by atoms with Crippen molar-refractivity contribution in [2.75, 3.05) is 7.11 Å². The van der Waals surface area contributed by atoms with Gasteiger partial charge in [0.1, 0.15) is 10.6 Å². The summed E-state index contributed by atoms with van der Waals surface area (Å²) in [5.41, 5.74) is 1.02. The first-order valence-electron chi connectivity index (χ1n) is 10.2. The third-order valence-corrected chi connectivity index (χ3v) is 6.67. The molecule has 0 unspecified atom stereocenters. The van der Waals surface area contributed by atoms with E-state index in [1.807, 2.05) is 24.3 Å². The van der Waals surface area contributed by atoms with Gasteiger partial charge in [-0.15, -0.1) is 11.3 Å². The Hall–Kier alpha value is -3.80.